The highest BCUT2D eigenvalue weighted by Crippen LogP contribution is 2.29. The van der Waals surface area contributed by atoms with Crippen LogP contribution in [0.3, 0.4) is 0 Å². The van der Waals surface area contributed by atoms with Gasteiger partial charge in [0.2, 0.25) is 0 Å². The Hall–Kier alpha value is -1.49. The highest BCUT2D eigenvalue weighted by molar-refractivity contribution is 5.53. The molecule has 0 spiro atoms. The first-order chi connectivity index (χ1) is 9.22. The van der Waals surface area contributed by atoms with Crippen LogP contribution in [0.15, 0.2) is 24.3 Å². The van der Waals surface area contributed by atoms with E-state index in [2.05, 4.69) is 49.5 Å². The fourth-order valence-corrected chi connectivity index (χ4v) is 2.97. The highest BCUT2D eigenvalue weighted by Gasteiger charge is 2.24. The van der Waals surface area contributed by atoms with Crippen molar-refractivity contribution in [3.8, 4) is 6.07 Å². The van der Waals surface area contributed by atoms with Crippen LogP contribution in [0.1, 0.15) is 57.4 Å². The summed E-state index contributed by atoms with van der Waals surface area (Å²) < 4.78 is 0. The second kappa shape index (κ2) is 6.61. The van der Waals surface area contributed by atoms with Crippen molar-refractivity contribution in [2.75, 3.05) is 5.32 Å². The molecule has 1 saturated carbocycles. The van der Waals surface area contributed by atoms with E-state index in [0.29, 0.717) is 12.0 Å². The van der Waals surface area contributed by atoms with E-state index in [-0.39, 0.29) is 5.92 Å². The minimum absolute atomic E-state index is 0.155. The Kier molecular flexibility index (Phi) is 4.85. The lowest BCUT2D eigenvalue weighted by Gasteiger charge is -2.24. The molecule has 0 saturated heterocycles. The van der Waals surface area contributed by atoms with Crippen molar-refractivity contribution in [3.05, 3.63) is 29.8 Å². The van der Waals surface area contributed by atoms with E-state index in [9.17, 15) is 5.26 Å². The van der Waals surface area contributed by atoms with Gasteiger partial charge < -0.3 is 5.32 Å². The number of hydrogen-bond acceptors (Lipinski definition) is 2. The number of para-hydroxylation sites is 1. The molecule has 1 fully saturated rings. The fourth-order valence-electron chi connectivity index (χ4n) is 2.97. The minimum atomic E-state index is 0.155. The summed E-state index contributed by atoms with van der Waals surface area (Å²) in [5.41, 5.74) is 2.56. The van der Waals surface area contributed by atoms with Crippen molar-refractivity contribution in [1.29, 1.82) is 5.26 Å². The summed E-state index contributed by atoms with van der Waals surface area (Å²) in [4.78, 5) is 0. The van der Waals surface area contributed by atoms with Crippen molar-refractivity contribution in [2.24, 2.45) is 5.92 Å². The molecule has 19 heavy (non-hydrogen) atoms. The summed E-state index contributed by atoms with van der Waals surface area (Å²) in [6.07, 6.45) is 5.85. The second-order valence-corrected chi connectivity index (χ2v) is 5.87. The van der Waals surface area contributed by atoms with Gasteiger partial charge in [-0.3, -0.25) is 0 Å². The first-order valence-corrected chi connectivity index (χ1v) is 7.47. The predicted octanol–water partition coefficient (Wildman–Crippen LogP) is 4.69. The smallest absolute Gasteiger partial charge is 0.0677 e. The Morgan fingerprint density at radius 2 is 1.89 bits per heavy atom. The van der Waals surface area contributed by atoms with Crippen LogP contribution in [0.5, 0.6) is 0 Å². The average Bonchev–Trinajstić information content (AvgIpc) is 2.64. The zero-order chi connectivity index (χ0) is 13.7. The van der Waals surface area contributed by atoms with Crippen LogP contribution in [0.4, 0.5) is 5.69 Å². The molecule has 2 atom stereocenters. The lowest BCUT2D eigenvalue weighted by atomic mass is 9.94. The van der Waals surface area contributed by atoms with Crippen molar-refractivity contribution in [1.82, 2.24) is 0 Å². The average molecular weight is 256 g/mol. The van der Waals surface area contributed by atoms with Crippen molar-refractivity contribution >= 4 is 5.69 Å². The van der Waals surface area contributed by atoms with Gasteiger partial charge >= 0.3 is 0 Å². The first kappa shape index (κ1) is 13.9. The third kappa shape index (κ3) is 3.50. The molecule has 1 aromatic carbocycles. The molecule has 102 valence electrons. The van der Waals surface area contributed by atoms with Crippen molar-refractivity contribution in [2.45, 2.75) is 57.9 Å². The lowest BCUT2D eigenvalue weighted by molar-refractivity contribution is 0.513. The molecule has 1 aliphatic carbocycles. The molecule has 1 aromatic rings. The maximum absolute atomic E-state index is 9.35. The molecule has 0 radical (unpaired) electrons. The van der Waals surface area contributed by atoms with Crippen LogP contribution in [0.25, 0.3) is 0 Å². The molecule has 1 aliphatic rings. The van der Waals surface area contributed by atoms with E-state index in [1.165, 1.54) is 30.5 Å². The molecular weight excluding hydrogens is 232 g/mol. The van der Waals surface area contributed by atoms with E-state index in [4.69, 9.17) is 0 Å². The summed E-state index contributed by atoms with van der Waals surface area (Å²) in [6.45, 7) is 4.44. The van der Waals surface area contributed by atoms with E-state index < -0.39 is 0 Å². The quantitative estimate of drug-likeness (QED) is 0.796. The molecule has 0 heterocycles. The maximum atomic E-state index is 9.35. The van der Waals surface area contributed by atoms with Crippen LogP contribution < -0.4 is 5.32 Å². The molecule has 2 nitrogen and oxygen atoms in total. The Morgan fingerprint density at radius 1 is 1.16 bits per heavy atom. The minimum Gasteiger partial charge on any atom is -0.381 e. The molecule has 2 heteroatoms. The fraction of sp³-hybridized carbons (Fsp3) is 0.588. The van der Waals surface area contributed by atoms with Gasteiger partial charge in [0.15, 0.2) is 0 Å². The zero-order valence-electron chi connectivity index (χ0n) is 12.0. The van der Waals surface area contributed by atoms with Gasteiger partial charge in [-0.2, -0.15) is 5.26 Å². The molecule has 2 rings (SSSR count). The monoisotopic (exact) mass is 256 g/mol. The van der Waals surface area contributed by atoms with Crippen LogP contribution in [-0.4, -0.2) is 6.04 Å². The van der Waals surface area contributed by atoms with Crippen LogP contribution in [0, 0.1) is 17.2 Å². The molecular formula is C17H24N2. The number of hydrogen-bond donors (Lipinski definition) is 1. The van der Waals surface area contributed by atoms with Crippen LogP contribution in [-0.2, 0) is 0 Å². The molecule has 0 aromatic heterocycles. The predicted molar refractivity (Wildman–Crippen MR) is 80.1 cm³/mol. The van der Waals surface area contributed by atoms with Gasteiger partial charge in [-0.25, -0.2) is 0 Å². The van der Waals surface area contributed by atoms with E-state index in [1.54, 1.807) is 0 Å². The first-order valence-electron chi connectivity index (χ1n) is 7.47. The van der Waals surface area contributed by atoms with E-state index in [0.717, 1.165) is 12.8 Å². The largest absolute Gasteiger partial charge is 0.381 e. The van der Waals surface area contributed by atoms with Gasteiger partial charge in [-0.1, -0.05) is 51.3 Å². The van der Waals surface area contributed by atoms with Gasteiger partial charge in [0, 0.05) is 11.7 Å². The summed E-state index contributed by atoms with van der Waals surface area (Å²) in [5.74, 6) is 0.665. The number of rotatable bonds is 3. The van der Waals surface area contributed by atoms with Crippen molar-refractivity contribution < 1.29 is 0 Å². The van der Waals surface area contributed by atoms with Crippen LogP contribution >= 0.6 is 0 Å². The number of nitrogens with zero attached hydrogens (tertiary/aromatic N) is 1. The topological polar surface area (TPSA) is 35.8 Å². The van der Waals surface area contributed by atoms with E-state index in [1.807, 2.05) is 0 Å². The summed E-state index contributed by atoms with van der Waals surface area (Å²) in [7, 11) is 0. The third-order valence-electron chi connectivity index (χ3n) is 4.11. The Labute approximate surface area is 116 Å². The molecule has 0 bridgehead atoms. The number of nitrogens with one attached hydrogen (secondary N) is 1. The third-order valence-corrected chi connectivity index (χ3v) is 4.11. The lowest BCUT2D eigenvalue weighted by Crippen LogP contribution is -2.27. The maximum Gasteiger partial charge on any atom is 0.0677 e. The summed E-state index contributed by atoms with van der Waals surface area (Å²) in [5, 5.41) is 13.0. The molecule has 2 unspecified atom stereocenters. The Balaban J connectivity index is 2.17. The highest BCUT2D eigenvalue weighted by atomic mass is 14.9. The zero-order valence-corrected chi connectivity index (χ0v) is 12.0. The van der Waals surface area contributed by atoms with E-state index >= 15 is 0 Å². The van der Waals surface area contributed by atoms with Gasteiger partial charge in [-0.05, 0) is 30.4 Å². The standard InChI is InChI=1S/C17H24N2/c1-13(2)15-9-6-7-11-17(15)19-16-10-5-3-4-8-14(16)12-18/h6-7,9,11,13-14,16,19H,3-5,8,10H2,1-2H3. The van der Waals surface area contributed by atoms with Gasteiger partial charge in [0.05, 0.1) is 12.0 Å². The van der Waals surface area contributed by atoms with Crippen LogP contribution in [0.2, 0.25) is 0 Å². The Morgan fingerprint density at radius 3 is 2.63 bits per heavy atom. The second-order valence-electron chi connectivity index (χ2n) is 5.87. The van der Waals surface area contributed by atoms with Gasteiger partial charge in [0.25, 0.3) is 0 Å². The molecule has 0 amide bonds. The summed E-state index contributed by atoms with van der Waals surface area (Å²) in [6, 6.07) is 11.3. The summed E-state index contributed by atoms with van der Waals surface area (Å²) >= 11 is 0. The van der Waals surface area contributed by atoms with Gasteiger partial charge in [0.1, 0.15) is 0 Å². The van der Waals surface area contributed by atoms with Crippen molar-refractivity contribution in [3.63, 3.8) is 0 Å². The number of nitriles is 1. The SMILES string of the molecule is CC(C)c1ccccc1NC1CCCCCC1C#N. The Bertz CT molecular complexity index is 445. The van der Waals surface area contributed by atoms with Gasteiger partial charge in [-0.15, -0.1) is 0 Å². The molecule has 0 aliphatic heterocycles. The number of benzene rings is 1. The number of anilines is 1. The normalized spacial score (nSPS) is 23.7. The molecule has 1 N–H and O–H groups in total.